The Hall–Kier alpha value is -8.74. The van der Waals surface area contributed by atoms with Gasteiger partial charge in [-0.15, -0.1) is 0 Å². The number of hydrogen-bond donors (Lipinski definition) is 6. The number of anilines is 2. The molecular formula is C63H68F2N12O4. The van der Waals surface area contributed by atoms with Crippen LogP contribution in [0.15, 0.2) is 146 Å². The van der Waals surface area contributed by atoms with Crippen molar-refractivity contribution >= 4 is 35.0 Å². The number of aromatic nitrogens is 6. The molecule has 10 rings (SSSR count). The molecule has 8 N–H and O–H groups in total. The summed E-state index contributed by atoms with van der Waals surface area (Å²) in [6, 6.07) is 34.9. The van der Waals surface area contributed by atoms with Gasteiger partial charge in [-0.1, -0.05) is 81.1 Å². The van der Waals surface area contributed by atoms with Gasteiger partial charge in [-0.05, 0) is 146 Å². The maximum absolute atomic E-state index is 15.3. The third-order valence-electron chi connectivity index (χ3n) is 14.9. The summed E-state index contributed by atoms with van der Waals surface area (Å²) in [5, 5.41) is 20.9. The lowest BCUT2D eigenvalue weighted by atomic mass is 9.78. The zero-order chi connectivity index (χ0) is 57.3. The van der Waals surface area contributed by atoms with Crippen LogP contribution in [0.25, 0.3) is 11.4 Å². The first-order valence-electron chi connectivity index (χ1n) is 27.5. The number of hydrogen-bond acceptors (Lipinski definition) is 10. The number of nitrogens with two attached hydrogens (primary N) is 2. The van der Waals surface area contributed by atoms with Crippen LogP contribution >= 0.6 is 0 Å². The van der Waals surface area contributed by atoms with Gasteiger partial charge in [0, 0.05) is 62.3 Å². The fraction of sp³-hybridized carbons (Fsp3) is 0.302. The number of nitrogens with one attached hydrogen (secondary N) is 4. The highest BCUT2D eigenvalue weighted by Gasteiger charge is 2.40. The van der Waals surface area contributed by atoms with E-state index in [4.69, 9.17) is 11.5 Å². The van der Waals surface area contributed by atoms with Crippen molar-refractivity contribution in [3.8, 4) is 11.4 Å². The fourth-order valence-corrected chi connectivity index (χ4v) is 10.3. The van der Waals surface area contributed by atoms with E-state index in [1.807, 2.05) is 72.8 Å². The smallest absolute Gasteiger partial charge is 0.274 e. The third-order valence-corrected chi connectivity index (χ3v) is 14.9. The Morgan fingerprint density at radius 3 is 1.41 bits per heavy atom. The van der Waals surface area contributed by atoms with E-state index < -0.39 is 34.5 Å². The van der Waals surface area contributed by atoms with Gasteiger partial charge in [-0.3, -0.25) is 29.1 Å². The Labute approximate surface area is 470 Å². The van der Waals surface area contributed by atoms with Crippen LogP contribution < -0.4 is 32.7 Å². The average molecular weight is 1100 g/mol. The minimum absolute atomic E-state index is 0.00801. The highest BCUT2D eigenvalue weighted by atomic mass is 19.1. The predicted octanol–water partition coefficient (Wildman–Crippen LogP) is 10.4. The minimum atomic E-state index is -0.934. The second-order valence-corrected chi connectivity index (χ2v) is 21.1. The molecular weight excluding hydrogens is 1030 g/mol. The number of halogens is 2. The largest absolute Gasteiger partial charge is 0.343 e. The Morgan fingerprint density at radius 1 is 0.580 bits per heavy atom. The van der Waals surface area contributed by atoms with Gasteiger partial charge >= 0.3 is 0 Å². The SMILES string of the molecule is CC(=O)NC(CCC1CC1)(c1cccnc1)c1ccc(F)c(NC(=O)c2cc(C)nn2-c2cccc(CN)c2)c1.CCC(=O)NC(CCC1CC1)(c1cccnc1)c1ccc(F)c(NC(=O)c2cc(C)nn2-c2cccc(CN)c2)c1. The number of benzene rings is 4. The first-order chi connectivity index (χ1) is 39.1. The molecule has 2 unspecified atom stereocenters. The molecule has 2 aliphatic carbocycles. The summed E-state index contributed by atoms with van der Waals surface area (Å²) in [4.78, 5) is 61.1. The summed E-state index contributed by atoms with van der Waals surface area (Å²) < 4.78 is 33.5. The van der Waals surface area contributed by atoms with E-state index in [9.17, 15) is 19.2 Å². The van der Waals surface area contributed by atoms with E-state index in [0.29, 0.717) is 78.1 Å². The maximum Gasteiger partial charge on any atom is 0.274 e. The van der Waals surface area contributed by atoms with Crippen LogP contribution in [-0.2, 0) is 33.8 Å². The Balaban J connectivity index is 0.000000196. The second-order valence-electron chi connectivity index (χ2n) is 21.1. The maximum atomic E-state index is 15.3. The minimum Gasteiger partial charge on any atom is -0.343 e. The molecule has 2 fully saturated rings. The van der Waals surface area contributed by atoms with Crippen molar-refractivity contribution in [2.24, 2.45) is 23.3 Å². The lowest BCUT2D eigenvalue weighted by Crippen LogP contribution is -2.47. The first-order valence-corrected chi connectivity index (χ1v) is 27.5. The molecule has 18 heteroatoms. The summed E-state index contributed by atoms with van der Waals surface area (Å²) in [7, 11) is 0. The molecule has 2 atom stereocenters. The van der Waals surface area contributed by atoms with E-state index in [2.05, 4.69) is 41.4 Å². The van der Waals surface area contributed by atoms with Crippen molar-refractivity contribution in [1.82, 2.24) is 40.2 Å². The molecule has 0 saturated heterocycles. The van der Waals surface area contributed by atoms with Crippen molar-refractivity contribution in [2.45, 2.75) is 110 Å². The van der Waals surface area contributed by atoms with Gasteiger partial charge in [0.15, 0.2) is 0 Å². The van der Waals surface area contributed by atoms with Gasteiger partial charge < -0.3 is 32.7 Å². The molecule has 418 valence electrons. The molecule has 4 aromatic carbocycles. The van der Waals surface area contributed by atoms with E-state index in [1.54, 1.807) is 82.0 Å². The molecule has 81 heavy (non-hydrogen) atoms. The number of carbonyl (C=O) groups excluding carboxylic acids is 4. The molecule has 8 aromatic rings. The van der Waals surface area contributed by atoms with Crippen molar-refractivity contribution in [3.63, 3.8) is 0 Å². The summed E-state index contributed by atoms with van der Waals surface area (Å²) in [5.41, 5.74) is 17.6. The molecule has 0 radical (unpaired) electrons. The number of aryl methyl sites for hydroxylation is 2. The monoisotopic (exact) mass is 1090 g/mol. The van der Waals surface area contributed by atoms with Gasteiger partial charge in [0.1, 0.15) is 23.0 Å². The molecule has 4 heterocycles. The zero-order valence-electron chi connectivity index (χ0n) is 46.0. The van der Waals surface area contributed by atoms with Crippen molar-refractivity contribution in [1.29, 1.82) is 0 Å². The third kappa shape index (κ3) is 13.5. The molecule has 0 spiro atoms. The quantitative estimate of drug-likeness (QED) is 0.0399. The van der Waals surface area contributed by atoms with E-state index in [0.717, 1.165) is 60.8 Å². The van der Waals surface area contributed by atoms with Gasteiger partial charge in [-0.2, -0.15) is 10.2 Å². The molecule has 2 aliphatic rings. The number of nitrogens with zero attached hydrogens (tertiary/aromatic N) is 6. The number of amides is 4. The van der Waals surface area contributed by atoms with E-state index >= 15 is 8.78 Å². The number of carbonyl (C=O) groups is 4. The van der Waals surface area contributed by atoms with Crippen LogP contribution in [0.4, 0.5) is 20.2 Å². The van der Waals surface area contributed by atoms with Crippen LogP contribution in [0.3, 0.4) is 0 Å². The summed E-state index contributed by atoms with van der Waals surface area (Å²) in [6.07, 6.45) is 14.8. The first kappa shape index (κ1) is 57.0. The van der Waals surface area contributed by atoms with Crippen molar-refractivity contribution < 1.29 is 28.0 Å². The van der Waals surface area contributed by atoms with E-state index in [-0.39, 0.29) is 34.6 Å². The lowest BCUT2D eigenvalue weighted by molar-refractivity contribution is -0.122. The Morgan fingerprint density at radius 2 is 1.02 bits per heavy atom. The molecule has 0 aliphatic heterocycles. The van der Waals surface area contributed by atoms with Crippen LogP contribution in [0.1, 0.15) is 137 Å². The number of pyridine rings is 2. The lowest BCUT2D eigenvalue weighted by Gasteiger charge is -2.36. The van der Waals surface area contributed by atoms with Crippen molar-refractivity contribution in [3.05, 3.63) is 214 Å². The normalized spacial score (nSPS) is 14.4. The summed E-state index contributed by atoms with van der Waals surface area (Å²) in [6.45, 7) is 7.55. The second kappa shape index (κ2) is 25.2. The molecule has 4 aromatic heterocycles. The van der Waals surface area contributed by atoms with Crippen molar-refractivity contribution in [2.75, 3.05) is 10.6 Å². The predicted molar refractivity (Wildman–Crippen MR) is 307 cm³/mol. The highest BCUT2D eigenvalue weighted by Crippen LogP contribution is 2.44. The topological polar surface area (TPSA) is 230 Å². The standard InChI is InChI=1S/C32H35FN6O2.C31H33FN6O2/c1-3-30(40)37-32(14-13-22-9-10-22,25-7-5-15-35-20-25)24-11-12-27(33)28(18-24)36-31(41)29-16-21(2)38-39(29)26-8-4-6-23(17-26)19-34;1-20-15-29(38(37-20)26-7-3-5-23(16-26)18-33)30(40)35-28-17-24(10-11-27(28)32)31(36-21(2)39,13-12-22-8-9-22)25-6-4-14-34-19-25/h4-8,11-12,15-18,20,22H,3,9-10,13-14,19,34H2,1-2H3,(H,36,41)(H,37,40);3-7,10-11,14-17,19,22H,8-9,12-13,18,33H2,1-2H3,(H,35,40)(H,36,39). The number of rotatable bonds is 21. The van der Waals surface area contributed by atoms with Gasteiger partial charge in [0.05, 0.1) is 45.2 Å². The van der Waals surface area contributed by atoms with Gasteiger partial charge in [0.25, 0.3) is 11.8 Å². The fourth-order valence-electron chi connectivity index (χ4n) is 10.3. The van der Waals surface area contributed by atoms with Gasteiger partial charge in [0.2, 0.25) is 11.8 Å². The molecule has 16 nitrogen and oxygen atoms in total. The van der Waals surface area contributed by atoms with Crippen LogP contribution in [0, 0.1) is 37.3 Å². The molecule has 2 saturated carbocycles. The van der Waals surface area contributed by atoms with E-state index in [1.165, 1.54) is 28.4 Å². The van der Waals surface area contributed by atoms with Crippen LogP contribution in [0.2, 0.25) is 0 Å². The molecule has 4 amide bonds. The average Bonchev–Trinajstić information content (AvgIpc) is 4.57. The Bertz CT molecular complexity index is 3540. The summed E-state index contributed by atoms with van der Waals surface area (Å²) >= 11 is 0. The highest BCUT2D eigenvalue weighted by molar-refractivity contribution is 6.04. The Kier molecular flexibility index (Phi) is 17.7. The molecule has 0 bridgehead atoms. The zero-order valence-corrected chi connectivity index (χ0v) is 46.0. The van der Waals surface area contributed by atoms with Crippen LogP contribution in [0.5, 0.6) is 0 Å². The van der Waals surface area contributed by atoms with Crippen LogP contribution in [-0.4, -0.2) is 53.2 Å². The van der Waals surface area contributed by atoms with Gasteiger partial charge in [-0.25, -0.2) is 18.1 Å². The summed E-state index contributed by atoms with van der Waals surface area (Å²) in [5.74, 6) is -1.33.